The van der Waals surface area contributed by atoms with Gasteiger partial charge in [-0.25, -0.2) is 0 Å². The lowest BCUT2D eigenvalue weighted by molar-refractivity contribution is 0.442. The second-order valence-corrected chi connectivity index (χ2v) is 5.36. The van der Waals surface area contributed by atoms with Crippen molar-refractivity contribution < 1.29 is 0 Å². The van der Waals surface area contributed by atoms with E-state index in [1.807, 2.05) is 0 Å². The minimum absolute atomic E-state index is 0.797. The van der Waals surface area contributed by atoms with Crippen LogP contribution in [0, 0.1) is 5.92 Å². The summed E-state index contributed by atoms with van der Waals surface area (Å²) in [5, 5.41) is 4.65. The second kappa shape index (κ2) is 6.93. The van der Waals surface area contributed by atoms with Crippen molar-refractivity contribution in [3.63, 3.8) is 0 Å². The maximum Gasteiger partial charge on any atom is 0.0409 e. The molecule has 0 amide bonds. The molecular formula is C14H26N2. The minimum Gasteiger partial charge on any atom is -0.310 e. The first kappa shape index (κ1) is 11.9. The normalized spacial score (nSPS) is 25.6. The van der Waals surface area contributed by atoms with Gasteiger partial charge in [-0.05, 0) is 38.0 Å². The van der Waals surface area contributed by atoms with Gasteiger partial charge in [0.2, 0.25) is 0 Å². The summed E-state index contributed by atoms with van der Waals surface area (Å²) in [6.07, 6.45) is 15.2. The molecular weight excluding hydrogens is 196 g/mol. The summed E-state index contributed by atoms with van der Waals surface area (Å²) in [6, 6.07) is 0. The van der Waals surface area contributed by atoms with Crippen LogP contribution in [-0.4, -0.2) is 12.3 Å². The third-order valence-corrected chi connectivity index (χ3v) is 4.02. The van der Waals surface area contributed by atoms with Crippen LogP contribution in [0.2, 0.25) is 0 Å². The number of nitrogens with one attached hydrogen (secondary N) is 1. The van der Waals surface area contributed by atoms with Gasteiger partial charge in [0.25, 0.3) is 0 Å². The van der Waals surface area contributed by atoms with Gasteiger partial charge in [-0.1, -0.05) is 38.5 Å². The molecule has 0 aromatic carbocycles. The van der Waals surface area contributed by atoms with Gasteiger partial charge >= 0.3 is 0 Å². The zero-order chi connectivity index (χ0) is 11.1. The van der Waals surface area contributed by atoms with E-state index < -0.39 is 0 Å². The number of hydrogen-bond donors (Lipinski definition) is 1. The fourth-order valence-corrected chi connectivity index (χ4v) is 2.99. The topological polar surface area (TPSA) is 24.4 Å². The Hall–Kier alpha value is -0.530. The summed E-state index contributed by atoms with van der Waals surface area (Å²) < 4.78 is 0. The molecule has 2 heteroatoms. The Balaban J connectivity index is 1.90. The van der Waals surface area contributed by atoms with Crippen LogP contribution in [-0.2, 0) is 0 Å². The van der Waals surface area contributed by atoms with Crippen LogP contribution >= 0.6 is 0 Å². The molecule has 0 aromatic rings. The monoisotopic (exact) mass is 222 g/mol. The van der Waals surface area contributed by atoms with Crippen LogP contribution in [0.3, 0.4) is 0 Å². The molecule has 0 aromatic heterocycles. The van der Waals surface area contributed by atoms with Gasteiger partial charge in [-0.2, -0.15) is 5.10 Å². The standard InChI is InChI=1S/C14H26N2/c1-2-5-9-13(10-6-3-1)14-11-7-4-8-12-15-16-14/h13,15H,1-12H2. The quantitative estimate of drug-likeness (QED) is 0.715. The Morgan fingerprint density at radius 1 is 0.812 bits per heavy atom. The third-order valence-electron chi connectivity index (χ3n) is 4.02. The van der Waals surface area contributed by atoms with E-state index in [0.717, 1.165) is 12.5 Å². The van der Waals surface area contributed by atoms with Crippen LogP contribution in [0.5, 0.6) is 0 Å². The van der Waals surface area contributed by atoms with Crippen LogP contribution in [0.4, 0.5) is 0 Å². The smallest absolute Gasteiger partial charge is 0.0409 e. The van der Waals surface area contributed by atoms with E-state index in [4.69, 9.17) is 0 Å². The van der Waals surface area contributed by atoms with Crippen LogP contribution in [0.15, 0.2) is 5.10 Å². The molecule has 0 atom stereocenters. The Labute approximate surface area is 99.9 Å². The predicted molar refractivity (Wildman–Crippen MR) is 69.7 cm³/mol. The van der Waals surface area contributed by atoms with Crippen molar-refractivity contribution in [2.45, 2.75) is 70.6 Å². The van der Waals surface area contributed by atoms with Crippen molar-refractivity contribution in [2.75, 3.05) is 6.54 Å². The third kappa shape index (κ3) is 3.80. The molecule has 1 N–H and O–H groups in total. The van der Waals surface area contributed by atoms with E-state index in [2.05, 4.69) is 10.5 Å². The SMILES string of the molecule is C1CCCC(C2=NNCCCCC2)CCC1. The lowest BCUT2D eigenvalue weighted by Crippen LogP contribution is -2.22. The Morgan fingerprint density at radius 3 is 2.31 bits per heavy atom. The van der Waals surface area contributed by atoms with Gasteiger partial charge in [0, 0.05) is 12.3 Å². The predicted octanol–water partition coefficient (Wildman–Crippen LogP) is 3.87. The highest BCUT2D eigenvalue weighted by atomic mass is 15.3. The average molecular weight is 222 g/mol. The van der Waals surface area contributed by atoms with Crippen molar-refractivity contribution >= 4 is 5.71 Å². The van der Waals surface area contributed by atoms with Crippen LogP contribution < -0.4 is 5.43 Å². The molecule has 1 aliphatic carbocycles. The van der Waals surface area contributed by atoms with Crippen LogP contribution in [0.25, 0.3) is 0 Å². The van der Waals surface area contributed by atoms with E-state index in [0.29, 0.717) is 0 Å². The van der Waals surface area contributed by atoms with E-state index in [9.17, 15) is 0 Å². The molecule has 16 heavy (non-hydrogen) atoms. The summed E-state index contributed by atoms with van der Waals surface area (Å²) in [7, 11) is 0. The van der Waals surface area contributed by atoms with Crippen molar-refractivity contribution in [3.05, 3.63) is 0 Å². The highest BCUT2D eigenvalue weighted by Crippen LogP contribution is 2.25. The molecule has 0 radical (unpaired) electrons. The molecule has 0 saturated heterocycles. The molecule has 1 fully saturated rings. The first-order valence-corrected chi connectivity index (χ1v) is 7.26. The van der Waals surface area contributed by atoms with E-state index in [1.165, 1.54) is 76.3 Å². The molecule has 0 unspecified atom stereocenters. The summed E-state index contributed by atoms with van der Waals surface area (Å²) in [5.74, 6) is 0.797. The van der Waals surface area contributed by atoms with Crippen molar-refractivity contribution in [3.8, 4) is 0 Å². The minimum atomic E-state index is 0.797. The molecule has 2 rings (SSSR count). The number of nitrogens with zero attached hydrogens (tertiary/aromatic N) is 1. The lowest BCUT2D eigenvalue weighted by atomic mass is 9.86. The molecule has 0 bridgehead atoms. The highest BCUT2D eigenvalue weighted by Gasteiger charge is 2.17. The van der Waals surface area contributed by atoms with E-state index in [1.54, 1.807) is 0 Å². The summed E-state index contributed by atoms with van der Waals surface area (Å²) >= 11 is 0. The number of hydrazone groups is 1. The first-order chi connectivity index (χ1) is 7.97. The van der Waals surface area contributed by atoms with Crippen molar-refractivity contribution in [2.24, 2.45) is 11.0 Å². The van der Waals surface area contributed by atoms with E-state index >= 15 is 0 Å². The first-order valence-electron chi connectivity index (χ1n) is 7.26. The summed E-state index contributed by atoms with van der Waals surface area (Å²) in [5.41, 5.74) is 4.75. The lowest BCUT2D eigenvalue weighted by Gasteiger charge is -2.23. The van der Waals surface area contributed by atoms with Gasteiger partial charge in [-0.3, -0.25) is 0 Å². The zero-order valence-corrected chi connectivity index (χ0v) is 10.5. The molecule has 1 aliphatic heterocycles. The Morgan fingerprint density at radius 2 is 1.50 bits per heavy atom. The maximum absolute atomic E-state index is 4.65. The molecule has 1 saturated carbocycles. The zero-order valence-electron chi connectivity index (χ0n) is 10.5. The summed E-state index contributed by atoms with van der Waals surface area (Å²) in [4.78, 5) is 0. The Bertz CT molecular complexity index is 215. The van der Waals surface area contributed by atoms with Gasteiger partial charge in [0.1, 0.15) is 0 Å². The van der Waals surface area contributed by atoms with E-state index in [-0.39, 0.29) is 0 Å². The van der Waals surface area contributed by atoms with Crippen molar-refractivity contribution in [1.82, 2.24) is 5.43 Å². The average Bonchev–Trinajstić information content (AvgIpc) is 2.18. The van der Waals surface area contributed by atoms with Gasteiger partial charge in [0.05, 0.1) is 0 Å². The Kier molecular flexibility index (Phi) is 5.17. The maximum atomic E-state index is 4.65. The fraction of sp³-hybridized carbons (Fsp3) is 0.929. The fourth-order valence-electron chi connectivity index (χ4n) is 2.99. The number of rotatable bonds is 1. The summed E-state index contributed by atoms with van der Waals surface area (Å²) in [6.45, 7) is 1.08. The van der Waals surface area contributed by atoms with Gasteiger partial charge in [-0.15, -0.1) is 0 Å². The highest BCUT2D eigenvalue weighted by molar-refractivity contribution is 5.86. The molecule has 2 nitrogen and oxygen atoms in total. The van der Waals surface area contributed by atoms with Crippen LogP contribution in [0.1, 0.15) is 70.6 Å². The molecule has 1 heterocycles. The second-order valence-electron chi connectivity index (χ2n) is 5.36. The van der Waals surface area contributed by atoms with Gasteiger partial charge in [0.15, 0.2) is 0 Å². The van der Waals surface area contributed by atoms with Gasteiger partial charge < -0.3 is 5.43 Å². The number of hydrogen-bond acceptors (Lipinski definition) is 2. The molecule has 0 spiro atoms. The van der Waals surface area contributed by atoms with Crippen molar-refractivity contribution in [1.29, 1.82) is 0 Å². The molecule has 92 valence electrons. The largest absolute Gasteiger partial charge is 0.310 e. The molecule has 2 aliphatic rings.